The van der Waals surface area contributed by atoms with Gasteiger partial charge in [0.25, 0.3) is 0 Å². The topological polar surface area (TPSA) is 53.1 Å². The highest BCUT2D eigenvalue weighted by atomic mass is 16.5. The second-order valence-corrected chi connectivity index (χ2v) is 5.57. The highest BCUT2D eigenvalue weighted by Gasteiger charge is 2.24. The summed E-state index contributed by atoms with van der Waals surface area (Å²) in [6.45, 7) is 4.25. The van der Waals surface area contributed by atoms with Crippen LogP contribution in [-0.2, 0) is 6.42 Å². The predicted molar refractivity (Wildman–Crippen MR) is 80.0 cm³/mol. The van der Waals surface area contributed by atoms with Crippen LogP contribution in [0.4, 0.5) is 0 Å². The lowest BCUT2D eigenvalue weighted by Crippen LogP contribution is -2.35. The minimum atomic E-state index is 0.224. The van der Waals surface area contributed by atoms with Gasteiger partial charge in [-0.2, -0.15) is 0 Å². The molecule has 1 aliphatic heterocycles. The lowest BCUT2D eigenvalue weighted by Gasteiger charge is -2.27. The number of hydrogen-bond donors (Lipinski definition) is 1. The van der Waals surface area contributed by atoms with E-state index in [-0.39, 0.29) is 6.04 Å². The van der Waals surface area contributed by atoms with Crippen LogP contribution in [0.15, 0.2) is 24.4 Å². The number of rotatable bonds is 2. The Morgan fingerprint density at radius 2 is 2.20 bits per heavy atom. The third-order valence-corrected chi connectivity index (χ3v) is 4.28. The summed E-state index contributed by atoms with van der Waals surface area (Å²) in [6, 6.07) is 6.64. The Hall–Kier alpha value is -1.81. The fourth-order valence-electron chi connectivity index (χ4n) is 2.89. The summed E-state index contributed by atoms with van der Waals surface area (Å²) in [7, 11) is 1.69. The highest BCUT2D eigenvalue weighted by Crippen LogP contribution is 2.30. The highest BCUT2D eigenvalue weighted by molar-refractivity contribution is 5.64. The third kappa shape index (κ3) is 2.10. The van der Waals surface area contributed by atoms with Gasteiger partial charge in [0.05, 0.1) is 12.8 Å². The molecule has 2 heterocycles. The molecule has 1 aromatic carbocycles. The summed E-state index contributed by atoms with van der Waals surface area (Å²) in [6.07, 6.45) is 4.10. The zero-order valence-corrected chi connectivity index (χ0v) is 12.3. The minimum absolute atomic E-state index is 0.224. The number of aryl methyl sites for hydroxylation is 2. The van der Waals surface area contributed by atoms with Crippen LogP contribution in [0.5, 0.6) is 5.75 Å². The predicted octanol–water partition coefficient (Wildman–Crippen LogP) is 2.70. The van der Waals surface area contributed by atoms with E-state index in [1.54, 1.807) is 7.11 Å². The lowest BCUT2D eigenvalue weighted by molar-refractivity contribution is 0.368. The van der Waals surface area contributed by atoms with Gasteiger partial charge in [0, 0.05) is 30.3 Å². The van der Waals surface area contributed by atoms with Crippen molar-refractivity contribution >= 4 is 0 Å². The number of benzene rings is 1. The van der Waals surface area contributed by atoms with Crippen molar-refractivity contribution in [2.75, 3.05) is 7.11 Å². The van der Waals surface area contributed by atoms with E-state index < -0.39 is 0 Å². The van der Waals surface area contributed by atoms with Crippen LogP contribution < -0.4 is 10.5 Å². The van der Waals surface area contributed by atoms with E-state index >= 15 is 0 Å². The second-order valence-electron chi connectivity index (χ2n) is 5.57. The van der Waals surface area contributed by atoms with Gasteiger partial charge >= 0.3 is 0 Å². The number of nitrogens with two attached hydrogens (primary N) is 1. The van der Waals surface area contributed by atoms with Crippen LogP contribution in [0.2, 0.25) is 0 Å². The smallest absolute Gasteiger partial charge is 0.119 e. The average molecular weight is 271 g/mol. The van der Waals surface area contributed by atoms with Gasteiger partial charge in [0.15, 0.2) is 0 Å². The second kappa shape index (κ2) is 4.94. The summed E-state index contributed by atoms with van der Waals surface area (Å²) in [5.41, 5.74) is 9.51. The van der Waals surface area contributed by atoms with Crippen molar-refractivity contribution in [3.05, 3.63) is 35.8 Å². The van der Waals surface area contributed by atoms with Crippen molar-refractivity contribution in [1.29, 1.82) is 0 Å². The fourth-order valence-corrected chi connectivity index (χ4v) is 2.89. The average Bonchev–Trinajstić information content (AvgIpc) is 2.87. The van der Waals surface area contributed by atoms with Crippen molar-refractivity contribution in [2.45, 2.75) is 38.8 Å². The number of methoxy groups -OCH3 is 1. The number of ether oxygens (including phenoxy) is 1. The zero-order chi connectivity index (χ0) is 14.3. The summed E-state index contributed by atoms with van der Waals surface area (Å²) in [4.78, 5) is 4.79. The zero-order valence-electron chi connectivity index (χ0n) is 12.3. The first-order valence-electron chi connectivity index (χ1n) is 7.08. The standard InChI is InChI=1S/C16H21N3O/c1-10-8-12(20-3)4-5-13(10)15-9-19-11(2)14(17)6-7-16(19)18-15/h4-5,8-9,11,14H,6-7,17H2,1-3H3. The Morgan fingerprint density at radius 3 is 2.90 bits per heavy atom. The molecule has 0 aliphatic carbocycles. The van der Waals surface area contributed by atoms with E-state index in [9.17, 15) is 0 Å². The van der Waals surface area contributed by atoms with Gasteiger partial charge in [-0.05, 0) is 44.0 Å². The molecule has 2 N–H and O–H groups in total. The van der Waals surface area contributed by atoms with Crippen LogP contribution in [0, 0.1) is 6.92 Å². The summed E-state index contributed by atoms with van der Waals surface area (Å²) < 4.78 is 7.49. The van der Waals surface area contributed by atoms with Gasteiger partial charge in [0.2, 0.25) is 0 Å². The van der Waals surface area contributed by atoms with E-state index in [1.807, 2.05) is 12.1 Å². The molecule has 2 unspecified atom stereocenters. The fraction of sp³-hybridized carbons (Fsp3) is 0.438. The molecule has 2 aromatic rings. The number of hydrogen-bond acceptors (Lipinski definition) is 3. The minimum Gasteiger partial charge on any atom is -0.497 e. The van der Waals surface area contributed by atoms with Crippen LogP contribution in [0.25, 0.3) is 11.3 Å². The molecule has 1 aliphatic rings. The molecule has 2 atom stereocenters. The van der Waals surface area contributed by atoms with Crippen LogP contribution in [0.1, 0.15) is 30.8 Å². The molecule has 0 amide bonds. The summed E-state index contributed by atoms with van der Waals surface area (Å²) >= 11 is 0. The molecule has 3 rings (SSSR count). The maximum atomic E-state index is 6.14. The monoisotopic (exact) mass is 271 g/mol. The van der Waals surface area contributed by atoms with Crippen LogP contribution in [0.3, 0.4) is 0 Å². The first-order chi connectivity index (χ1) is 9.60. The van der Waals surface area contributed by atoms with E-state index in [0.29, 0.717) is 6.04 Å². The van der Waals surface area contributed by atoms with E-state index in [0.717, 1.165) is 35.7 Å². The van der Waals surface area contributed by atoms with Gasteiger partial charge in [-0.1, -0.05) is 0 Å². The summed E-state index contributed by atoms with van der Waals surface area (Å²) in [5.74, 6) is 2.02. The number of imidazole rings is 1. The Kier molecular flexibility index (Phi) is 3.26. The molecule has 0 fully saturated rings. The van der Waals surface area contributed by atoms with Crippen molar-refractivity contribution in [1.82, 2.24) is 9.55 Å². The van der Waals surface area contributed by atoms with E-state index in [2.05, 4.69) is 30.7 Å². The van der Waals surface area contributed by atoms with Crippen LogP contribution >= 0.6 is 0 Å². The molecule has 0 bridgehead atoms. The molecule has 0 radical (unpaired) electrons. The molecule has 1 aromatic heterocycles. The quantitative estimate of drug-likeness (QED) is 0.913. The van der Waals surface area contributed by atoms with Crippen molar-refractivity contribution in [2.24, 2.45) is 5.73 Å². The van der Waals surface area contributed by atoms with Crippen molar-refractivity contribution in [3.8, 4) is 17.0 Å². The number of aromatic nitrogens is 2. The van der Waals surface area contributed by atoms with E-state index in [1.165, 1.54) is 5.56 Å². The molecule has 4 heteroatoms. The SMILES string of the molecule is COc1ccc(-c2cn3c(n2)CCC(N)C3C)c(C)c1. The van der Waals surface area contributed by atoms with Crippen LogP contribution in [-0.4, -0.2) is 22.7 Å². The van der Waals surface area contributed by atoms with Gasteiger partial charge < -0.3 is 15.0 Å². The number of fused-ring (bicyclic) bond motifs is 1. The van der Waals surface area contributed by atoms with Gasteiger partial charge in [-0.3, -0.25) is 0 Å². The maximum absolute atomic E-state index is 6.14. The molecule has 106 valence electrons. The largest absolute Gasteiger partial charge is 0.497 e. The first-order valence-corrected chi connectivity index (χ1v) is 7.08. The van der Waals surface area contributed by atoms with Crippen molar-refractivity contribution in [3.63, 3.8) is 0 Å². The Morgan fingerprint density at radius 1 is 1.40 bits per heavy atom. The normalized spacial score (nSPS) is 21.6. The molecule has 0 spiro atoms. The Labute approximate surface area is 119 Å². The summed E-state index contributed by atoms with van der Waals surface area (Å²) in [5, 5.41) is 0. The van der Waals surface area contributed by atoms with Gasteiger partial charge in [0.1, 0.15) is 11.6 Å². The Balaban J connectivity index is 2.02. The number of nitrogens with zero attached hydrogens (tertiary/aromatic N) is 2. The lowest BCUT2D eigenvalue weighted by atomic mass is 10.0. The first kappa shape index (κ1) is 13.2. The third-order valence-electron chi connectivity index (χ3n) is 4.28. The molecule has 0 saturated carbocycles. The van der Waals surface area contributed by atoms with Gasteiger partial charge in [-0.25, -0.2) is 4.98 Å². The van der Waals surface area contributed by atoms with E-state index in [4.69, 9.17) is 15.5 Å². The molecule has 20 heavy (non-hydrogen) atoms. The van der Waals surface area contributed by atoms with Crippen molar-refractivity contribution < 1.29 is 4.74 Å². The maximum Gasteiger partial charge on any atom is 0.119 e. The molecular formula is C16H21N3O. The Bertz CT molecular complexity index is 633. The molecule has 4 nitrogen and oxygen atoms in total. The molecule has 0 saturated heterocycles. The van der Waals surface area contributed by atoms with Gasteiger partial charge in [-0.15, -0.1) is 0 Å². The molecular weight excluding hydrogens is 250 g/mol.